The highest BCUT2D eigenvalue weighted by Gasteiger charge is 2.09. The maximum atomic E-state index is 6.30. The second-order valence-electron chi connectivity index (χ2n) is 5.59. The van der Waals surface area contributed by atoms with Gasteiger partial charge in [0.15, 0.2) is 0 Å². The summed E-state index contributed by atoms with van der Waals surface area (Å²) in [6, 6.07) is 7.98. The Bertz CT molecular complexity index is 598. The van der Waals surface area contributed by atoms with Crippen LogP contribution in [0, 0.1) is 5.92 Å². The van der Waals surface area contributed by atoms with E-state index in [1.807, 2.05) is 18.2 Å². The quantitative estimate of drug-likeness (QED) is 0.779. The van der Waals surface area contributed by atoms with E-state index in [9.17, 15) is 0 Å². The maximum absolute atomic E-state index is 6.30. The molecule has 108 valence electrons. The third kappa shape index (κ3) is 3.62. The van der Waals surface area contributed by atoms with Crippen molar-refractivity contribution in [3.63, 3.8) is 0 Å². The predicted octanol–water partition coefficient (Wildman–Crippen LogP) is 3.98. The van der Waals surface area contributed by atoms with Crippen molar-refractivity contribution in [3.05, 3.63) is 35.0 Å². The molecule has 2 aromatic rings. The van der Waals surface area contributed by atoms with Crippen LogP contribution >= 0.6 is 11.6 Å². The topological polar surface area (TPSA) is 25.4 Å². The average Bonchev–Trinajstić information content (AvgIpc) is 2.38. The minimum absolute atomic E-state index is 0.571. The molecule has 2 rings (SSSR count). The fourth-order valence-electron chi connectivity index (χ4n) is 2.38. The molecule has 1 aromatic heterocycles. The Balaban J connectivity index is 2.28. The second kappa shape index (κ2) is 6.42. The molecule has 0 aliphatic heterocycles. The van der Waals surface area contributed by atoms with Crippen LogP contribution in [0.1, 0.15) is 19.4 Å². The van der Waals surface area contributed by atoms with Gasteiger partial charge in [-0.05, 0) is 31.2 Å². The number of hydrogen-bond acceptors (Lipinski definition) is 3. The lowest BCUT2D eigenvalue weighted by Crippen LogP contribution is -2.23. The summed E-state index contributed by atoms with van der Waals surface area (Å²) in [5, 5.41) is 1.66. The monoisotopic (exact) mass is 292 g/mol. The number of benzene rings is 1. The van der Waals surface area contributed by atoms with Crippen LogP contribution in [-0.4, -0.2) is 30.6 Å². The van der Waals surface area contributed by atoms with Crippen molar-refractivity contribution in [2.24, 2.45) is 5.92 Å². The van der Waals surface area contributed by atoms with Gasteiger partial charge in [0.1, 0.15) is 10.9 Å². The third-order valence-corrected chi connectivity index (χ3v) is 3.50. The van der Waals surface area contributed by atoms with Gasteiger partial charge in [0.25, 0.3) is 0 Å². The van der Waals surface area contributed by atoms with Crippen LogP contribution in [0.4, 0.5) is 0 Å². The van der Waals surface area contributed by atoms with E-state index in [0.717, 1.165) is 35.3 Å². The molecule has 20 heavy (non-hydrogen) atoms. The molecule has 0 radical (unpaired) electrons. The Hall–Kier alpha value is -1.32. The van der Waals surface area contributed by atoms with Crippen LogP contribution in [0.3, 0.4) is 0 Å². The van der Waals surface area contributed by atoms with E-state index in [-0.39, 0.29) is 0 Å². The number of nitrogens with zero attached hydrogens (tertiary/aromatic N) is 2. The number of aromatic nitrogens is 1. The van der Waals surface area contributed by atoms with Crippen LogP contribution in [-0.2, 0) is 6.54 Å². The van der Waals surface area contributed by atoms with Crippen molar-refractivity contribution < 1.29 is 4.74 Å². The number of hydrogen-bond donors (Lipinski definition) is 0. The van der Waals surface area contributed by atoms with Crippen LogP contribution in [0.2, 0.25) is 5.15 Å². The molecule has 4 heteroatoms. The van der Waals surface area contributed by atoms with Gasteiger partial charge in [-0.3, -0.25) is 0 Å². The largest absolute Gasteiger partial charge is 0.497 e. The molecule has 0 saturated carbocycles. The molecule has 0 N–H and O–H groups in total. The summed E-state index contributed by atoms with van der Waals surface area (Å²) in [6.07, 6.45) is 0. The fraction of sp³-hybridized carbons (Fsp3) is 0.438. The number of methoxy groups -OCH3 is 1. The Morgan fingerprint density at radius 1 is 1.30 bits per heavy atom. The van der Waals surface area contributed by atoms with Gasteiger partial charge in [-0.2, -0.15) is 0 Å². The smallest absolute Gasteiger partial charge is 0.134 e. The summed E-state index contributed by atoms with van der Waals surface area (Å²) in [5.41, 5.74) is 1.93. The molecule has 1 aromatic carbocycles. The van der Waals surface area contributed by atoms with Crippen molar-refractivity contribution in [3.8, 4) is 5.75 Å². The molecule has 0 spiro atoms. The van der Waals surface area contributed by atoms with Gasteiger partial charge in [-0.1, -0.05) is 25.4 Å². The first-order valence-corrected chi connectivity index (χ1v) is 7.19. The second-order valence-corrected chi connectivity index (χ2v) is 5.95. The Morgan fingerprint density at radius 3 is 2.70 bits per heavy atom. The zero-order chi connectivity index (χ0) is 14.7. The van der Waals surface area contributed by atoms with Crippen LogP contribution in [0.25, 0.3) is 10.9 Å². The van der Waals surface area contributed by atoms with Crippen molar-refractivity contribution in [2.45, 2.75) is 20.4 Å². The number of ether oxygens (including phenoxy) is 1. The molecule has 0 bridgehead atoms. The molecular formula is C16H21ClN2O. The summed E-state index contributed by atoms with van der Waals surface area (Å²) in [5.74, 6) is 1.43. The summed E-state index contributed by atoms with van der Waals surface area (Å²) < 4.78 is 5.21. The molecule has 3 nitrogen and oxygen atoms in total. The zero-order valence-corrected chi connectivity index (χ0v) is 13.2. The van der Waals surface area contributed by atoms with Crippen molar-refractivity contribution >= 4 is 22.5 Å². The van der Waals surface area contributed by atoms with E-state index in [0.29, 0.717) is 11.1 Å². The summed E-state index contributed by atoms with van der Waals surface area (Å²) >= 11 is 6.30. The number of pyridine rings is 1. The normalized spacial score (nSPS) is 11.6. The summed E-state index contributed by atoms with van der Waals surface area (Å²) in [6.45, 7) is 6.27. The molecular weight excluding hydrogens is 272 g/mol. The van der Waals surface area contributed by atoms with Crippen molar-refractivity contribution in [1.29, 1.82) is 0 Å². The van der Waals surface area contributed by atoms with E-state index < -0.39 is 0 Å². The zero-order valence-electron chi connectivity index (χ0n) is 12.5. The highest BCUT2D eigenvalue weighted by molar-refractivity contribution is 6.30. The van der Waals surface area contributed by atoms with E-state index >= 15 is 0 Å². The minimum atomic E-state index is 0.571. The molecule has 0 aliphatic rings. The first-order valence-electron chi connectivity index (χ1n) is 6.81. The highest BCUT2D eigenvalue weighted by atomic mass is 35.5. The Kier molecular flexibility index (Phi) is 4.84. The van der Waals surface area contributed by atoms with Gasteiger partial charge in [-0.25, -0.2) is 4.98 Å². The number of rotatable bonds is 5. The van der Waals surface area contributed by atoms with Crippen molar-refractivity contribution in [1.82, 2.24) is 9.88 Å². The SMILES string of the molecule is COc1ccc2cc(CN(C)CC(C)C)c(Cl)nc2c1. The predicted molar refractivity (Wildman–Crippen MR) is 84.5 cm³/mol. The van der Waals surface area contributed by atoms with Crippen LogP contribution in [0.15, 0.2) is 24.3 Å². The lowest BCUT2D eigenvalue weighted by atomic mass is 10.1. The standard InChI is InChI=1S/C16H21ClN2O/c1-11(2)9-19(3)10-13-7-12-5-6-14(20-4)8-15(12)18-16(13)17/h5-8,11H,9-10H2,1-4H3. The average molecular weight is 293 g/mol. The van der Waals surface area contributed by atoms with Crippen LogP contribution in [0.5, 0.6) is 5.75 Å². The molecule has 1 heterocycles. The van der Waals surface area contributed by atoms with E-state index in [4.69, 9.17) is 16.3 Å². The molecule has 0 atom stereocenters. The van der Waals surface area contributed by atoms with Gasteiger partial charge < -0.3 is 9.64 Å². The lowest BCUT2D eigenvalue weighted by Gasteiger charge is -2.19. The molecule has 0 unspecified atom stereocenters. The third-order valence-electron chi connectivity index (χ3n) is 3.17. The molecule has 0 saturated heterocycles. The van der Waals surface area contributed by atoms with Crippen molar-refractivity contribution in [2.75, 3.05) is 20.7 Å². The van der Waals surface area contributed by atoms with E-state index in [1.165, 1.54) is 0 Å². The Labute approximate surface area is 125 Å². The molecule has 0 aliphatic carbocycles. The van der Waals surface area contributed by atoms with Gasteiger partial charge in [-0.15, -0.1) is 0 Å². The van der Waals surface area contributed by atoms with Gasteiger partial charge in [0, 0.05) is 30.1 Å². The first kappa shape index (κ1) is 15.1. The summed E-state index contributed by atoms with van der Waals surface area (Å²) in [7, 11) is 3.76. The number of fused-ring (bicyclic) bond motifs is 1. The van der Waals surface area contributed by atoms with Gasteiger partial charge in [0.2, 0.25) is 0 Å². The van der Waals surface area contributed by atoms with Gasteiger partial charge in [0.05, 0.1) is 12.6 Å². The minimum Gasteiger partial charge on any atom is -0.497 e. The van der Waals surface area contributed by atoms with E-state index in [2.05, 4.69) is 36.8 Å². The lowest BCUT2D eigenvalue weighted by molar-refractivity contribution is 0.288. The Morgan fingerprint density at radius 2 is 2.05 bits per heavy atom. The number of halogens is 1. The molecule has 0 amide bonds. The van der Waals surface area contributed by atoms with Crippen LogP contribution < -0.4 is 4.74 Å². The molecule has 0 fully saturated rings. The summed E-state index contributed by atoms with van der Waals surface area (Å²) in [4.78, 5) is 6.74. The first-order chi connectivity index (χ1) is 9.49. The fourth-order valence-corrected chi connectivity index (χ4v) is 2.59. The van der Waals surface area contributed by atoms with Gasteiger partial charge >= 0.3 is 0 Å². The van der Waals surface area contributed by atoms with E-state index in [1.54, 1.807) is 7.11 Å². The maximum Gasteiger partial charge on any atom is 0.134 e. The highest BCUT2D eigenvalue weighted by Crippen LogP contribution is 2.25.